The number of nitrogen functional groups attached to an aromatic ring is 1. The number of rotatable bonds is 3. The van der Waals surface area contributed by atoms with Crippen molar-refractivity contribution in [1.29, 1.82) is 0 Å². The van der Waals surface area contributed by atoms with Gasteiger partial charge in [0.15, 0.2) is 0 Å². The van der Waals surface area contributed by atoms with E-state index in [0.717, 1.165) is 11.1 Å². The summed E-state index contributed by atoms with van der Waals surface area (Å²) in [5.41, 5.74) is 8.91. The average Bonchev–Trinajstić information content (AvgIpc) is 2.20. The van der Waals surface area contributed by atoms with Crippen LogP contribution in [0, 0.1) is 0 Å². The second-order valence-electron chi connectivity index (χ2n) is 2.88. The minimum atomic E-state index is 0.545. The highest BCUT2D eigenvalue weighted by Gasteiger charge is 2.00. The number of allylic oxidation sites excluding steroid dienone is 1. The van der Waals surface area contributed by atoms with Gasteiger partial charge in [-0.15, -0.1) is 0 Å². The first-order chi connectivity index (χ1) is 6.69. The van der Waals surface area contributed by atoms with Gasteiger partial charge >= 0.3 is 0 Å². The van der Waals surface area contributed by atoms with Gasteiger partial charge in [-0.25, -0.2) is 0 Å². The third kappa shape index (κ3) is 2.29. The van der Waals surface area contributed by atoms with Crippen LogP contribution in [0.5, 0.6) is 0 Å². The molecule has 4 heteroatoms. The second kappa shape index (κ2) is 4.72. The summed E-state index contributed by atoms with van der Waals surface area (Å²) in [5.74, 6) is 0. The Labute approximate surface area is 88.4 Å². The van der Waals surface area contributed by atoms with Crippen molar-refractivity contribution < 1.29 is 4.79 Å². The van der Waals surface area contributed by atoms with Crippen molar-refractivity contribution in [2.24, 2.45) is 0 Å². The fraction of sp³-hybridized carbons (Fsp3) is 0.100. The van der Waals surface area contributed by atoms with Crippen molar-refractivity contribution in [3.63, 3.8) is 0 Å². The minimum Gasteiger partial charge on any atom is -0.397 e. The molecule has 0 heterocycles. The molecule has 1 aromatic carbocycles. The number of carbonyl (C=O) groups is 1. The smallest absolute Gasteiger partial charge is 0.211 e. The molecule has 0 fully saturated rings. The first kappa shape index (κ1) is 10.7. The van der Waals surface area contributed by atoms with Crippen LogP contribution in [-0.4, -0.2) is 6.41 Å². The molecule has 0 bridgehead atoms. The summed E-state index contributed by atoms with van der Waals surface area (Å²) in [4.78, 5) is 10.2. The van der Waals surface area contributed by atoms with Crippen LogP contribution in [0.3, 0.4) is 0 Å². The molecule has 1 aromatic rings. The molecule has 0 atom stereocenters. The highest BCUT2D eigenvalue weighted by atomic mass is 32.1. The molecule has 0 radical (unpaired) electrons. The Morgan fingerprint density at radius 1 is 1.57 bits per heavy atom. The Morgan fingerprint density at radius 3 is 2.79 bits per heavy atom. The molecule has 0 spiro atoms. The van der Waals surface area contributed by atoms with E-state index in [9.17, 15) is 4.79 Å². The lowest BCUT2D eigenvalue weighted by molar-refractivity contribution is -0.105. The number of benzene rings is 1. The maximum absolute atomic E-state index is 10.2. The summed E-state index contributed by atoms with van der Waals surface area (Å²) in [6.07, 6.45) is 0.604. The van der Waals surface area contributed by atoms with Crippen molar-refractivity contribution >= 4 is 36.0 Å². The SMILES string of the molecule is C/C(=C\S)c1ccc(NC=O)c(N)c1. The number of carbonyl (C=O) groups excluding carboxylic acids is 1. The van der Waals surface area contributed by atoms with Crippen LogP contribution < -0.4 is 11.1 Å². The molecule has 1 rings (SSSR count). The van der Waals surface area contributed by atoms with Gasteiger partial charge in [-0.05, 0) is 35.6 Å². The molecule has 0 unspecified atom stereocenters. The van der Waals surface area contributed by atoms with Gasteiger partial charge in [0.1, 0.15) is 0 Å². The van der Waals surface area contributed by atoms with Crippen molar-refractivity contribution in [3.05, 3.63) is 29.2 Å². The van der Waals surface area contributed by atoms with Gasteiger partial charge in [0.25, 0.3) is 0 Å². The minimum absolute atomic E-state index is 0.545. The van der Waals surface area contributed by atoms with Crippen molar-refractivity contribution in [2.45, 2.75) is 6.92 Å². The van der Waals surface area contributed by atoms with E-state index in [1.165, 1.54) is 0 Å². The first-order valence-corrected chi connectivity index (χ1v) is 4.61. The van der Waals surface area contributed by atoms with Gasteiger partial charge < -0.3 is 11.1 Å². The van der Waals surface area contributed by atoms with Crippen LogP contribution in [0.25, 0.3) is 5.57 Å². The number of hydrogen-bond donors (Lipinski definition) is 3. The van der Waals surface area contributed by atoms with E-state index in [4.69, 9.17) is 5.73 Å². The van der Waals surface area contributed by atoms with Gasteiger partial charge in [0.05, 0.1) is 11.4 Å². The summed E-state index contributed by atoms with van der Waals surface area (Å²) in [6, 6.07) is 5.44. The zero-order chi connectivity index (χ0) is 10.6. The topological polar surface area (TPSA) is 55.1 Å². The van der Waals surface area contributed by atoms with E-state index >= 15 is 0 Å². The summed E-state index contributed by atoms with van der Waals surface area (Å²) in [6.45, 7) is 1.94. The maximum atomic E-state index is 10.2. The molecule has 0 aliphatic heterocycles. The Hall–Kier alpha value is -1.42. The molecular formula is C10H12N2OS. The van der Waals surface area contributed by atoms with Crippen molar-refractivity contribution in [3.8, 4) is 0 Å². The normalized spacial score (nSPS) is 11.1. The molecule has 1 amide bonds. The average molecular weight is 208 g/mol. The molecule has 3 N–H and O–H groups in total. The summed E-state index contributed by atoms with van der Waals surface area (Å²) >= 11 is 4.05. The summed E-state index contributed by atoms with van der Waals surface area (Å²) < 4.78 is 0. The van der Waals surface area contributed by atoms with E-state index in [0.29, 0.717) is 17.8 Å². The van der Waals surface area contributed by atoms with Gasteiger partial charge in [0, 0.05) is 0 Å². The Kier molecular flexibility index (Phi) is 3.59. The summed E-state index contributed by atoms with van der Waals surface area (Å²) in [7, 11) is 0. The van der Waals surface area contributed by atoms with Gasteiger partial charge in [-0.3, -0.25) is 4.79 Å². The Morgan fingerprint density at radius 2 is 2.29 bits per heavy atom. The number of nitrogens with two attached hydrogens (primary N) is 1. The molecule has 14 heavy (non-hydrogen) atoms. The van der Waals surface area contributed by atoms with Gasteiger partial charge in [0.2, 0.25) is 6.41 Å². The van der Waals surface area contributed by atoms with E-state index in [1.807, 2.05) is 13.0 Å². The highest BCUT2D eigenvalue weighted by Crippen LogP contribution is 2.23. The molecular weight excluding hydrogens is 196 g/mol. The van der Waals surface area contributed by atoms with E-state index < -0.39 is 0 Å². The van der Waals surface area contributed by atoms with Crippen LogP contribution in [0.2, 0.25) is 0 Å². The van der Waals surface area contributed by atoms with Crippen LogP contribution in [-0.2, 0) is 4.79 Å². The van der Waals surface area contributed by atoms with E-state index in [-0.39, 0.29) is 0 Å². The fourth-order valence-corrected chi connectivity index (χ4v) is 1.23. The standard InChI is InChI=1S/C10H12N2OS/c1-7(5-14)8-2-3-10(12-6-13)9(11)4-8/h2-6,14H,11H2,1H3,(H,12,13)/b7-5+. The molecule has 0 aromatic heterocycles. The first-order valence-electron chi connectivity index (χ1n) is 4.10. The molecule has 0 aliphatic carbocycles. The molecule has 3 nitrogen and oxygen atoms in total. The van der Waals surface area contributed by atoms with Crippen LogP contribution >= 0.6 is 12.6 Å². The molecule has 74 valence electrons. The monoisotopic (exact) mass is 208 g/mol. The Bertz CT molecular complexity index is 374. The fourth-order valence-electron chi connectivity index (χ4n) is 1.08. The highest BCUT2D eigenvalue weighted by molar-refractivity contribution is 7.83. The van der Waals surface area contributed by atoms with E-state index in [1.54, 1.807) is 17.5 Å². The zero-order valence-electron chi connectivity index (χ0n) is 7.82. The lowest BCUT2D eigenvalue weighted by Gasteiger charge is -2.06. The largest absolute Gasteiger partial charge is 0.397 e. The van der Waals surface area contributed by atoms with Crippen LogP contribution in [0.15, 0.2) is 23.6 Å². The lowest BCUT2D eigenvalue weighted by atomic mass is 10.1. The van der Waals surface area contributed by atoms with Crippen molar-refractivity contribution in [1.82, 2.24) is 0 Å². The Balaban J connectivity index is 3.06. The van der Waals surface area contributed by atoms with E-state index in [2.05, 4.69) is 17.9 Å². The molecule has 0 saturated heterocycles. The second-order valence-corrected chi connectivity index (χ2v) is 3.13. The number of nitrogens with one attached hydrogen (secondary N) is 1. The number of amides is 1. The third-order valence-electron chi connectivity index (χ3n) is 1.91. The van der Waals surface area contributed by atoms with Gasteiger partial charge in [-0.2, -0.15) is 12.6 Å². The number of thiol groups is 1. The third-order valence-corrected chi connectivity index (χ3v) is 2.30. The zero-order valence-corrected chi connectivity index (χ0v) is 8.71. The van der Waals surface area contributed by atoms with Crippen LogP contribution in [0.4, 0.5) is 11.4 Å². The van der Waals surface area contributed by atoms with Gasteiger partial charge in [-0.1, -0.05) is 6.07 Å². The molecule has 0 saturated carbocycles. The number of anilines is 2. The lowest BCUT2D eigenvalue weighted by Crippen LogP contribution is -1.99. The quantitative estimate of drug-likeness (QED) is 0.405. The van der Waals surface area contributed by atoms with Crippen molar-refractivity contribution in [2.75, 3.05) is 11.1 Å². The number of hydrogen-bond acceptors (Lipinski definition) is 3. The predicted molar refractivity (Wildman–Crippen MR) is 63.2 cm³/mol. The van der Waals surface area contributed by atoms with Crippen LogP contribution in [0.1, 0.15) is 12.5 Å². The maximum Gasteiger partial charge on any atom is 0.211 e. The predicted octanol–water partition coefficient (Wildman–Crippen LogP) is 2.13. The molecule has 0 aliphatic rings. The summed E-state index contributed by atoms with van der Waals surface area (Å²) in [5, 5.41) is 4.23.